The summed E-state index contributed by atoms with van der Waals surface area (Å²) in [6.45, 7) is 1.66. The van der Waals surface area contributed by atoms with Crippen molar-refractivity contribution >= 4 is 33.2 Å². The van der Waals surface area contributed by atoms with Crippen molar-refractivity contribution in [2.45, 2.75) is 11.8 Å². The second-order valence-corrected chi connectivity index (χ2v) is 7.71. The van der Waals surface area contributed by atoms with Crippen LogP contribution in [0.4, 0.5) is 4.39 Å². The van der Waals surface area contributed by atoms with Crippen LogP contribution in [0.25, 0.3) is 22.4 Å². The lowest BCUT2D eigenvalue weighted by atomic mass is 9.99. The number of aryl methyl sites for hydroxylation is 1. The number of sulfonamides is 1. The molecular weight excluding hydrogens is 390 g/mol. The molecule has 5 nitrogen and oxygen atoms in total. The number of aromatic nitrogens is 1. The minimum absolute atomic E-state index is 0.384. The number of rotatable bonds is 3. The van der Waals surface area contributed by atoms with Gasteiger partial charge in [0.05, 0.1) is 5.56 Å². The van der Waals surface area contributed by atoms with Crippen molar-refractivity contribution in [1.82, 2.24) is 5.16 Å². The molecule has 0 aliphatic carbocycles. The molecule has 0 aliphatic rings. The van der Waals surface area contributed by atoms with E-state index < -0.39 is 20.7 Å². The monoisotopic (exact) mass is 400 g/mol. The minimum Gasteiger partial charge on any atom is -0.360 e. The van der Waals surface area contributed by atoms with Crippen LogP contribution in [0.3, 0.4) is 0 Å². The van der Waals surface area contributed by atoms with E-state index in [0.717, 1.165) is 12.1 Å². The van der Waals surface area contributed by atoms with Crippen LogP contribution in [-0.4, -0.2) is 13.6 Å². The summed E-state index contributed by atoms with van der Waals surface area (Å²) in [7, 11) is -4.15. The third-order valence-electron chi connectivity index (χ3n) is 3.53. The summed E-state index contributed by atoms with van der Waals surface area (Å²) in [6, 6.07) is 8.44. The zero-order valence-corrected chi connectivity index (χ0v) is 15.1. The molecule has 0 spiro atoms. The van der Waals surface area contributed by atoms with E-state index in [-0.39, 0.29) is 0 Å². The van der Waals surface area contributed by atoms with Gasteiger partial charge in [0.1, 0.15) is 22.2 Å². The molecule has 2 aromatic carbocycles. The first-order valence-electron chi connectivity index (χ1n) is 6.92. The van der Waals surface area contributed by atoms with Gasteiger partial charge in [-0.1, -0.05) is 34.4 Å². The van der Waals surface area contributed by atoms with Gasteiger partial charge in [0.25, 0.3) is 0 Å². The van der Waals surface area contributed by atoms with E-state index in [0.29, 0.717) is 38.2 Å². The number of nitrogens with zero attached hydrogens (tertiary/aromatic N) is 1. The summed E-state index contributed by atoms with van der Waals surface area (Å²) in [5, 5.41) is 9.78. The Labute approximate surface area is 153 Å². The van der Waals surface area contributed by atoms with Crippen LogP contribution >= 0.6 is 23.2 Å². The van der Waals surface area contributed by atoms with Gasteiger partial charge in [-0.05, 0) is 42.8 Å². The zero-order chi connectivity index (χ0) is 18.4. The SMILES string of the molecule is Cc1onc(-c2cc(Cl)cc(Cl)c2)c1-c1ccc(S(N)(=O)=O)c(F)c1. The van der Waals surface area contributed by atoms with Gasteiger partial charge in [-0.25, -0.2) is 17.9 Å². The highest BCUT2D eigenvalue weighted by molar-refractivity contribution is 7.89. The van der Waals surface area contributed by atoms with Crippen LogP contribution in [0.15, 0.2) is 45.8 Å². The highest BCUT2D eigenvalue weighted by atomic mass is 35.5. The molecule has 3 aromatic rings. The van der Waals surface area contributed by atoms with Crippen molar-refractivity contribution in [3.05, 3.63) is 58.0 Å². The van der Waals surface area contributed by atoms with Crippen molar-refractivity contribution in [2.24, 2.45) is 5.14 Å². The first-order valence-corrected chi connectivity index (χ1v) is 9.22. The van der Waals surface area contributed by atoms with Gasteiger partial charge in [0, 0.05) is 15.6 Å². The summed E-state index contributed by atoms with van der Waals surface area (Å²) in [4.78, 5) is -0.585. The summed E-state index contributed by atoms with van der Waals surface area (Å²) >= 11 is 12.0. The Morgan fingerprint density at radius 2 is 1.72 bits per heavy atom. The van der Waals surface area contributed by atoms with E-state index in [1.54, 1.807) is 25.1 Å². The Bertz CT molecular complexity index is 1060. The van der Waals surface area contributed by atoms with Crippen molar-refractivity contribution in [3.8, 4) is 22.4 Å². The number of primary sulfonamides is 1. The molecule has 0 aliphatic heterocycles. The van der Waals surface area contributed by atoms with Gasteiger partial charge in [-0.3, -0.25) is 0 Å². The Morgan fingerprint density at radius 1 is 1.08 bits per heavy atom. The Balaban J connectivity index is 2.19. The summed E-state index contributed by atoms with van der Waals surface area (Å²) < 4.78 is 42.1. The molecule has 1 heterocycles. The van der Waals surface area contributed by atoms with Crippen LogP contribution in [0.1, 0.15) is 5.76 Å². The number of halogens is 3. The van der Waals surface area contributed by atoms with E-state index in [2.05, 4.69) is 5.16 Å². The Hall–Kier alpha value is -1.93. The quantitative estimate of drug-likeness (QED) is 0.705. The van der Waals surface area contributed by atoms with Crippen molar-refractivity contribution in [1.29, 1.82) is 0 Å². The molecule has 9 heteroatoms. The molecule has 0 unspecified atom stereocenters. The lowest BCUT2D eigenvalue weighted by Crippen LogP contribution is -2.13. The maximum atomic E-state index is 14.2. The van der Waals surface area contributed by atoms with Crippen molar-refractivity contribution in [2.75, 3.05) is 0 Å². The predicted octanol–water partition coefficient (Wildman–Crippen LogP) is 4.41. The normalized spacial score (nSPS) is 11.7. The number of benzene rings is 2. The molecule has 0 saturated carbocycles. The topological polar surface area (TPSA) is 86.2 Å². The van der Waals surface area contributed by atoms with Gasteiger partial charge in [0.15, 0.2) is 0 Å². The summed E-state index contributed by atoms with van der Waals surface area (Å²) in [5.74, 6) is -0.537. The zero-order valence-electron chi connectivity index (χ0n) is 12.8. The van der Waals surface area contributed by atoms with Crippen molar-refractivity contribution < 1.29 is 17.3 Å². The molecule has 3 rings (SSSR count). The largest absolute Gasteiger partial charge is 0.360 e. The van der Waals surface area contributed by atoms with Crippen LogP contribution in [0, 0.1) is 12.7 Å². The van der Waals surface area contributed by atoms with Crippen LogP contribution in [-0.2, 0) is 10.0 Å². The van der Waals surface area contributed by atoms with Crippen LogP contribution in [0.2, 0.25) is 10.0 Å². The Kier molecular flexibility index (Phi) is 4.59. The summed E-state index contributed by atoms with van der Waals surface area (Å²) in [5.41, 5.74) is 1.87. The molecule has 0 saturated heterocycles. The second-order valence-electron chi connectivity index (χ2n) is 5.31. The van der Waals surface area contributed by atoms with E-state index in [1.807, 2.05) is 0 Å². The Morgan fingerprint density at radius 3 is 2.28 bits per heavy atom. The number of hydrogen-bond donors (Lipinski definition) is 1. The third-order valence-corrected chi connectivity index (χ3v) is 4.91. The molecule has 0 amide bonds. The fourth-order valence-electron chi connectivity index (χ4n) is 2.49. The molecule has 0 radical (unpaired) electrons. The smallest absolute Gasteiger partial charge is 0.240 e. The molecule has 25 heavy (non-hydrogen) atoms. The third kappa shape index (κ3) is 3.55. The van der Waals surface area contributed by atoms with Gasteiger partial charge < -0.3 is 4.52 Å². The average molecular weight is 401 g/mol. The first-order chi connectivity index (χ1) is 11.7. The lowest BCUT2D eigenvalue weighted by molar-refractivity contribution is 0.400. The van der Waals surface area contributed by atoms with Gasteiger partial charge in [-0.15, -0.1) is 0 Å². The van der Waals surface area contributed by atoms with E-state index in [4.69, 9.17) is 32.9 Å². The molecule has 1 aromatic heterocycles. The molecule has 130 valence electrons. The maximum absolute atomic E-state index is 14.2. The van der Waals surface area contributed by atoms with Gasteiger partial charge in [-0.2, -0.15) is 0 Å². The van der Waals surface area contributed by atoms with Crippen molar-refractivity contribution in [3.63, 3.8) is 0 Å². The van der Waals surface area contributed by atoms with E-state index in [9.17, 15) is 12.8 Å². The first kappa shape index (κ1) is 17.9. The number of nitrogens with two attached hydrogens (primary N) is 1. The maximum Gasteiger partial charge on any atom is 0.240 e. The standard InChI is InChI=1S/C16H11Cl2FN2O3S/c1-8-15(9-2-3-14(13(19)6-9)25(20,22)23)16(21-24-8)10-4-11(17)7-12(18)5-10/h2-7H,1H3,(H2,20,22,23). The average Bonchev–Trinajstić information content (AvgIpc) is 2.86. The fourth-order valence-corrected chi connectivity index (χ4v) is 3.60. The van der Waals surface area contributed by atoms with E-state index >= 15 is 0 Å². The van der Waals surface area contributed by atoms with Gasteiger partial charge >= 0.3 is 0 Å². The molecule has 0 atom stereocenters. The molecule has 2 N–H and O–H groups in total. The summed E-state index contributed by atoms with van der Waals surface area (Å²) in [6.07, 6.45) is 0. The highest BCUT2D eigenvalue weighted by Crippen LogP contribution is 2.37. The highest BCUT2D eigenvalue weighted by Gasteiger charge is 2.21. The molecule has 0 fully saturated rings. The van der Waals surface area contributed by atoms with Gasteiger partial charge in [0.2, 0.25) is 10.0 Å². The fraction of sp³-hybridized carbons (Fsp3) is 0.0625. The molecule has 0 bridgehead atoms. The van der Waals surface area contributed by atoms with Crippen LogP contribution in [0.5, 0.6) is 0 Å². The lowest BCUT2D eigenvalue weighted by Gasteiger charge is -2.07. The number of hydrogen-bond acceptors (Lipinski definition) is 4. The molecular formula is C16H11Cl2FN2O3S. The minimum atomic E-state index is -4.15. The van der Waals surface area contributed by atoms with E-state index in [1.165, 1.54) is 6.07 Å². The van der Waals surface area contributed by atoms with Crippen LogP contribution < -0.4 is 5.14 Å². The predicted molar refractivity (Wildman–Crippen MR) is 93.5 cm³/mol. The second kappa shape index (κ2) is 6.42.